The Kier molecular flexibility index (Phi) is 3.66. The zero-order valence-electron chi connectivity index (χ0n) is 14.6. The van der Waals surface area contributed by atoms with Gasteiger partial charge in [-0.1, -0.05) is 65.3 Å². The highest BCUT2D eigenvalue weighted by Gasteiger charge is 2.18. The highest BCUT2D eigenvalue weighted by molar-refractivity contribution is 6.30. The van der Waals surface area contributed by atoms with E-state index in [1.807, 2.05) is 65.2 Å². The smallest absolute Gasteiger partial charge is 0.123 e. The molecule has 0 unspecified atom stereocenters. The van der Waals surface area contributed by atoms with E-state index in [1.54, 1.807) is 0 Å². The summed E-state index contributed by atoms with van der Waals surface area (Å²) in [7, 11) is 0. The molecule has 0 radical (unpaired) electrons. The third-order valence-electron chi connectivity index (χ3n) is 4.63. The zero-order valence-corrected chi connectivity index (χ0v) is 15.4. The SMILES string of the molecule is Cc1ccc2nc(-c3cccc(Cl)c3)c3c(-c4ccccc4)nnn3c2c1. The van der Waals surface area contributed by atoms with Crippen molar-refractivity contribution in [3.05, 3.63) is 83.4 Å². The first-order valence-corrected chi connectivity index (χ1v) is 9.06. The van der Waals surface area contributed by atoms with Crippen molar-refractivity contribution in [3.8, 4) is 22.5 Å². The van der Waals surface area contributed by atoms with Gasteiger partial charge in [0.05, 0.1) is 16.7 Å². The molecule has 5 aromatic rings. The van der Waals surface area contributed by atoms with E-state index in [2.05, 4.69) is 29.4 Å². The Hall–Kier alpha value is -3.24. The maximum absolute atomic E-state index is 6.25. The van der Waals surface area contributed by atoms with Gasteiger partial charge < -0.3 is 0 Å². The van der Waals surface area contributed by atoms with Crippen LogP contribution in [0.3, 0.4) is 0 Å². The quantitative estimate of drug-likeness (QED) is 0.407. The maximum atomic E-state index is 6.25. The largest absolute Gasteiger partial charge is 0.244 e. The van der Waals surface area contributed by atoms with E-state index in [-0.39, 0.29) is 0 Å². The van der Waals surface area contributed by atoms with Gasteiger partial charge in [-0.2, -0.15) is 0 Å². The minimum Gasteiger partial charge on any atom is -0.244 e. The van der Waals surface area contributed by atoms with Crippen molar-refractivity contribution < 1.29 is 0 Å². The molecular weight excluding hydrogens is 356 g/mol. The molecule has 0 atom stereocenters. The maximum Gasteiger partial charge on any atom is 0.123 e. The number of halogens is 1. The van der Waals surface area contributed by atoms with Gasteiger partial charge in [-0.15, -0.1) is 5.10 Å². The lowest BCUT2D eigenvalue weighted by atomic mass is 10.1. The summed E-state index contributed by atoms with van der Waals surface area (Å²) < 4.78 is 1.88. The first-order chi connectivity index (χ1) is 13.2. The number of benzene rings is 3. The molecular formula is C22H15ClN4. The van der Waals surface area contributed by atoms with Crippen LogP contribution in [0.15, 0.2) is 72.8 Å². The van der Waals surface area contributed by atoms with Gasteiger partial charge >= 0.3 is 0 Å². The summed E-state index contributed by atoms with van der Waals surface area (Å²) in [6.07, 6.45) is 0. The minimum absolute atomic E-state index is 0.671. The molecule has 3 aromatic carbocycles. The Morgan fingerprint density at radius 1 is 0.815 bits per heavy atom. The second kappa shape index (κ2) is 6.18. The Labute approximate surface area is 161 Å². The lowest BCUT2D eigenvalue weighted by Crippen LogP contribution is -1.98. The molecule has 0 N–H and O–H groups in total. The molecule has 4 nitrogen and oxygen atoms in total. The van der Waals surface area contributed by atoms with Crippen LogP contribution in [0.4, 0.5) is 0 Å². The summed E-state index contributed by atoms with van der Waals surface area (Å²) in [5.41, 5.74) is 7.40. The molecule has 0 aliphatic carbocycles. The van der Waals surface area contributed by atoms with E-state index >= 15 is 0 Å². The van der Waals surface area contributed by atoms with E-state index in [4.69, 9.17) is 16.6 Å². The molecule has 0 saturated carbocycles. The van der Waals surface area contributed by atoms with E-state index in [9.17, 15) is 0 Å². The number of fused-ring (bicyclic) bond motifs is 3. The predicted molar refractivity (Wildman–Crippen MR) is 109 cm³/mol. The normalized spacial score (nSPS) is 11.3. The van der Waals surface area contributed by atoms with Crippen LogP contribution in [0.25, 0.3) is 39.1 Å². The monoisotopic (exact) mass is 370 g/mol. The van der Waals surface area contributed by atoms with Gasteiger partial charge in [-0.3, -0.25) is 0 Å². The van der Waals surface area contributed by atoms with Crippen LogP contribution in [0, 0.1) is 6.92 Å². The van der Waals surface area contributed by atoms with Gasteiger partial charge in [-0.25, -0.2) is 9.50 Å². The molecule has 5 heteroatoms. The van der Waals surface area contributed by atoms with Crippen molar-refractivity contribution >= 4 is 28.2 Å². The highest BCUT2D eigenvalue weighted by atomic mass is 35.5. The molecule has 0 aliphatic heterocycles. The molecule has 0 bridgehead atoms. The van der Waals surface area contributed by atoms with Crippen molar-refractivity contribution in [3.63, 3.8) is 0 Å². The Balaban J connectivity index is 1.94. The molecule has 0 aliphatic rings. The molecule has 2 heterocycles. The number of rotatable bonds is 2. The van der Waals surface area contributed by atoms with Crippen molar-refractivity contribution in [2.45, 2.75) is 6.92 Å². The van der Waals surface area contributed by atoms with E-state index in [0.717, 1.165) is 44.6 Å². The molecule has 130 valence electrons. The lowest BCUT2D eigenvalue weighted by Gasteiger charge is -2.09. The number of hydrogen-bond acceptors (Lipinski definition) is 3. The minimum atomic E-state index is 0.671. The number of hydrogen-bond donors (Lipinski definition) is 0. The summed E-state index contributed by atoms with van der Waals surface area (Å²) in [6, 6.07) is 23.9. The molecule has 0 spiro atoms. The zero-order chi connectivity index (χ0) is 18.4. The lowest BCUT2D eigenvalue weighted by molar-refractivity contribution is 0.881. The van der Waals surface area contributed by atoms with Crippen molar-refractivity contribution in [1.82, 2.24) is 19.8 Å². The molecule has 0 saturated heterocycles. The van der Waals surface area contributed by atoms with Gasteiger partial charge in [0.25, 0.3) is 0 Å². The number of aromatic nitrogens is 4. The van der Waals surface area contributed by atoms with Crippen molar-refractivity contribution in [1.29, 1.82) is 0 Å². The summed E-state index contributed by atoms with van der Waals surface area (Å²) in [5.74, 6) is 0. The summed E-state index contributed by atoms with van der Waals surface area (Å²) in [5, 5.41) is 9.63. The van der Waals surface area contributed by atoms with Crippen molar-refractivity contribution in [2.75, 3.05) is 0 Å². The molecule has 0 amide bonds. The third-order valence-corrected chi connectivity index (χ3v) is 4.87. The molecule has 27 heavy (non-hydrogen) atoms. The Bertz CT molecular complexity index is 1290. The van der Waals surface area contributed by atoms with Crippen LogP contribution >= 0.6 is 11.6 Å². The van der Waals surface area contributed by atoms with E-state index in [0.29, 0.717) is 5.02 Å². The highest BCUT2D eigenvalue weighted by Crippen LogP contribution is 2.33. The fourth-order valence-corrected chi connectivity index (χ4v) is 3.55. The summed E-state index contributed by atoms with van der Waals surface area (Å²) >= 11 is 6.25. The first-order valence-electron chi connectivity index (χ1n) is 8.68. The second-order valence-electron chi connectivity index (χ2n) is 6.53. The van der Waals surface area contributed by atoms with Gasteiger partial charge in [0.1, 0.15) is 11.2 Å². The average Bonchev–Trinajstić information content (AvgIpc) is 3.14. The van der Waals surface area contributed by atoms with Crippen LogP contribution in [-0.2, 0) is 0 Å². The topological polar surface area (TPSA) is 43.1 Å². The van der Waals surface area contributed by atoms with Gasteiger partial charge in [-0.05, 0) is 36.8 Å². The standard InChI is InChI=1S/C22H15ClN4/c1-14-10-11-18-19(12-14)27-22(20(24-18)16-8-5-9-17(23)13-16)21(25-26-27)15-6-3-2-4-7-15/h2-13H,1H3. The van der Waals surface area contributed by atoms with Crippen molar-refractivity contribution in [2.24, 2.45) is 0 Å². The van der Waals surface area contributed by atoms with Gasteiger partial charge in [0.15, 0.2) is 0 Å². The Morgan fingerprint density at radius 3 is 2.44 bits per heavy atom. The van der Waals surface area contributed by atoms with Crippen LogP contribution < -0.4 is 0 Å². The number of nitrogens with zero attached hydrogens (tertiary/aromatic N) is 4. The summed E-state index contributed by atoms with van der Waals surface area (Å²) in [6.45, 7) is 2.06. The first kappa shape index (κ1) is 16.0. The van der Waals surface area contributed by atoms with Crippen LogP contribution in [-0.4, -0.2) is 19.8 Å². The molecule has 0 fully saturated rings. The third kappa shape index (κ3) is 2.66. The Morgan fingerprint density at radius 2 is 1.63 bits per heavy atom. The fraction of sp³-hybridized carbons (Fsp3) is 0.0455. The molecule has 5 rings (SSSR count). The predicted octanol–water partition coefficient (Wildman–Crippen LogP) is 5.57. The van der Waals surface area contributed by atoms with E-state index < -0.39 is 0 Å². The second-order valence-corrected chi connectivity index (χ2v) is 6.96. The average molecular weight is 371 g/mol. The molecule has 2 aromatic heterocycles. The fourth-order valence-electron chi connectivity index (χ4n) is 3.36. The van der Waals surface area contributed by atoms with Gasteiger partial charge in [0, 0.05) is 16.1 Å². The van der Waals surface area contributed by atoms with Crippen LogP contribution in [0.5, 0.6) is 0 Å². The summed E-state index contributed by atoms with van der Waals surface area (Å²) in [4.78, 5) is 4.95. The van der Waals surface area contributed by atoms with Crippen LogP contribution in [0.2, 0.25) is 5.02 Å². The van der Waals surface area contributed by atoms with Gasteiger partial charge in [0.2, 0.25) is 0 Å². The van der Waals surface area contributed by atoms with E-state index in [1.165, 1.54) is 0 Å². The van der Waals surface area contributed by atoms with Crippen LogP contribution in [0.1, 0.15) is 5.56 Å². The number of aryl methyl sites for hydroxylation is 1.